The largest absolute Gasteiger partial charge is 0.457 e. The molecule has 0 bridgehead atoms. The SMILES string of the molecule is O=C(CNC(=O)c1ccc(Oc2ccccc2)cc1)OCC(=O)N1CCCCC1. The Labute approximate surface area is 169 Å². The second-order valence-electron chi connectivity index (χ2n) is 6.72. The molecule has 1 aliphatic heterocycles. The van der Waals surface area contributed by atoms with Crippen molar-refractivity contribution in [3.63, 3.8) is 0 Å². The molecule has 0 unspecified atom stereocenters. The Morgan fingerprint density at radius 1 is 0.862 bits per heavy atom. The van der Waals surface area contributed by atoms with Gasteiger partial charge in [0.1, 0.15) is 18.0 Å². The molecule has 29 heavy (non-hydrogen) atoms. The molecule has 1 fully saturated rings. The van der Waals surface area contributed by atoms with E-state index in [1.54, 1.807) is 29.2 Å². The van der Waals surface area contributed by atoms with Crippen LogP contribution < -0.4 is 10.1 Å². The first-order valence-corrected chi connectivity index (χ1v) is 9.66. The first-order valence-electron chi connectivity index (χ1n) is 9.66. The molecule has 1 heterocycles. The first-order chi connectivity index (χ1) is 14.1. The standard InChI is InChI=1S/C22H24N2O5/c25-20(24-13-5-2-6-14-24)16-28-21(26)15-23-22(27)17-9-11-19(12-10-17)29-18-7-3-1-4-8-18/h1,3-4,7-12H,2,5-6,13-16H2,(H,23,27). The number of benzene rings is 2. The summed E-state index contributed by atoms with van der Waals surface area (Å²) in [6.07, 6.45) is 3.07. The highest BCUT2D eigenvalue weighted by molar-refractivity contribution is 5.96. The van der Waals surface area contributed by atoms with Gasteiger partial charge in [-0.05, 0) is 55.7 Å². The maximum Gasteiger partial charge on any atom is 0.325 e. The average Bonchev–Trinajstić information content (AvgIpc) is 2.77. The zero-order chi connectivity index (χ0) is 20.5. The fourth-order valence-corrected chi connectivity index (χ4v) is 2.98. The Kier molecular flexibility index (Phi) is 7.22. The number of carbonyl (C=O) groups excluding carboxylic acids is 3. The van der Waals surface area contributed by atoms with Crippen molar-refractivity contribution >= 4 is 17.8 Å². The van der Waals surface area contributed by atoms with E-state index in [1.807, 2.05) is 30.3 Å². The van der Waals surface area contributed by atoms with Gasteiger partial charge in [0.25, 0.3) is 11.8 Å². The third kappa shape index (κ3) is 6.34. The maximum absolute atomic E-state index is 12.2. The molecular weight excluding hydrogens is 372 g/mol. The third-order valence-corrected chi connectivity index (χ3v) is 4.55. The Hall–Kier alpha value is -3.35. The van der Waals surface area contributed by atoms with Crippen molar-refractivity contribution in [2.75, 3.05) is 26.2 Å². The summed E-state index contributed by atoms with van der Waals surface area (Å²) in [5, 5.41) is 2.49. The molecule has 3 rings (SSSR count). The van der Waals surface area contributed by atoms with E-state index < -0.39 is 11.9 Å². The zero-order valence-corrected chi connectivity index (χ0v) is 16.1. The van der Waals surface area contributed by atoms with Crippen LogP contribution in [-0.4, -0.2) is 48.9 Å². The number of hydrogen-bond acceptors (Lipinski definition) is 5. The molecule has 0 radical (unpaired) electrons. The van der Waals surface area contributed by atoms with E-state index in [9.17, 15) is 14.4 Å². The van der Waals surface area contributed by atoms with Crippen LogP contribution in [0.25, 0.3) is 0 Å². The Bertz CT molecular complexity index is 830. The van der Waals surface area contributed by atoms with Crippen LogP contribution in [0.5, 0.6) is 11.5 Å². The second kappa shape index (κ2) is 10.3. The Morgan fingerprint density at radius 3 is 2.21 bits per heavy atom. The molecule has 1 saturated heterocycles. The number of amides is 2. The molecule has 2 amide bonds. The minimum atomic E-state index is -0.646. The van der Waals surface area contributed by atoms with E-state index in [2.05, 4.69) is 5.32 Å². The van der Waals surface area contributed by atoms with Gasteiger partial charge in [0.05, 0.1) is 0 Å². The number of nitrogens with zero attached hydrogens (tertiary/aromatic N) is 1. The van der Waals surface area contributed by atoms with Crippen LogP contribution in [0.3, 0.4) is 0 Å². The highest BCUT2D eigenvalue weighted by Crippen LogP contribution is 2.21. The zero-order valence-electron chi connectivity index (χ0n) is 16.1. The molecule has 2 aromatic carbocycles. The van der Waals surface area contributed by atoms with Crippen molar-refractivity contribution in [3.05, 3.63) is 60.2 Å². The lowest BCUT2D eigenvalue weighted by Gasteiger charge is -2.26. The van der Waals surface area contributed by atoms with Crippen molar-refractivity contribution in [2.45, 2.75) is 19.3 Å². The van der Waals surface area contributed by atoms with Gasteiger partial charge >= 0.3 is 5.97 Å². The number of nitrogens with one attached hydrogen (secondary N) is 1. The molecule has 0 spiro atoms. The number of carbonyl (C=O) groups is 3. The Morgan fingerprint density at radius 2 is 1.52 bits per heavy atom. The van der Waals surface area contributed by atoms with Gasteiger partial charge in [-0.3, -0.25) is 14.4 Å². The predicted octanol–water partition coefficient (Wildman–Crippen LogP) is 2.76. The van der Waals surface area contributed by atoms with Gasteiger partial charge in [-0.1, -0.05) is 18.2 Å². The molecule has 0 aromatic heterocycles. The molecule has 7 nitrogen and oxygen atoms in total. The van der Waals surface area contributed by atoms with E-state index in [4.69, 9.17) is 9.47 Å². The van der Waals surface area contributed by atoms with Crippen LogP contribution in [-0.2, 0) is 14.3 Å². The molecule has 152 valence electrons. The van der Waals surface area contributed by atoms with Crippen molar-refractivity contribution < 1.29 is 23.9 Å². The monoisotopic (exact) mass is 396 g/mol. The molecule has 0 aliphatic carbocycles. The van der Waals surface area contributed by atoms with Crippen LogP contribution in [0.15, 0.2) is 54.6 Å². The van der Waals surface area contributed by atoms with Gasteiger partial charge in [-0.15, -0.1) is 0 Å². The van der Waals surface area contributed by atoms with Crippen molar-refractivity contribution in [2.24, 2.45) is 0 Å². The van der Waals surface area contributed by atoms with Crippen molar-refractivity contribution in [3.8, 4) is 11.5 Å². The lowest BCUT2D eigenvalue weighted by atomic mass is 10.1. The molecule has 1 N–H and O–H groups in total. The molecule has 2 aromatic rings. The summed E-state index contributed by atoms with van der Waals surface area (Å²) in [5.74, 6) is 0.0524. The maximum atomic E-state index is 12.2. The average molecular weight is 396 g/mol. The van der Waals surface area contributed by atoms with Crippen molar-refractivity contribution in [1.29, 1.82) is 0 Å². The van der Waals surface area contributed by atoms with E-state index in [-0.39, 0.29) is 19.1 Å². The summed E-state index contributed by atoms with van der Waals surface area (Å²) in [6.45, 7) is 0.822. The number of hydrogen-bond donors (Lipinski definition) is 1. The van der Waals surface area contributed by atoms with Gasteiger partial charge in [0, 0.05) is 18.7 Å². The van der Waals surface area contributed by atoms with E-state index in [1.165, 1.54) is 0 Å². The fraction of sp³-hybridized carbons (Fsp3) is 0.318. The van der Waals surface area contributed by atoms with Crippen LogP contribution in [0.2, 0.25) is 0 Å². The molecule has 1 aliphatic rings. The number of likely N-dealkylation sites (tertiary alicyclic amines) is 1. The minimum Gasteiger partial charge on any atom is -0.457 e. The van der Waals surface area contributed by atoms with Gasteiger partial charge in [0.15, 0.2) is 6.61 Å². The summed E-state index contributed by atoms with van der Waals surface area (Å²) < 4.78 is 10.6. The summed E-state index contributed by atoms with van der Waals surface area (Å²) in [7, 11) is 0. The van der Waals surface area contributed by atoms with E-state index in [0.29, 0.717) is 30.2 Å². The Balaban J connectivity index is 1.40. The fourth-order valence-electron chi connectivity index (χ4n) is 2.98. The lowest BCUT2D eigenvalue weighted by molar-refractivity contribution is -0.151. The molecular formula is C22H24N2O5. The summed E-state index contributed by atoms with van der Waals surface area (Å²) in [4.78, 5) is 37.6. The van der Waals surface area contributed by atoms with E-state index >= 15 is 0 Å². The van der Waals surface area contributed by atoms with Crippen LogP contribution in [0, 0.1) is 0 Å². The summed E-state index contributed by atoms with van der Waals surface area (Å²) in [6, 6.07) is 15.9. The topological polar surface area (TPSA) is 84.9 Å². The smallest absolute Gasteiger partial charge is 0.325 e. The third-order valence-electron chi connectivity index (χ3n) is 4.55. The number of ether oxygens (including phenoxy) is 2. The molecule has 7 heteroatoms. The number of para-hydroxylation sites is 1. The number of piperidine rings is 1. The molecule has 0 saturated carbocycles. The minimum absolute atomic E-state index is 0.196. The van der Waals surface area contributed by atoms with Crippen molar-refractivity contribution in [1.82, 2.24) is 10.2 Å². The highest BCUT2D eigenvalue weighted by atomic mass is 16.5. The van der Waals surface area contributed by atoms with Gasteiger partial charge in [-0.2, -0.15) is 0 Å². The first kappa shape index (κ1) is 20.4. The predicted molar refractivity (Wildman–Crippen MR) is 107 cm³/mol. The van der Waals surface area contributed by atoms with E-state index in [0.717, 1.165) is 19.3 Å². The van der Waals surface area contributed by atoms with Crippen LogP contribution >= 0.6 is 0 Å². The summed E-state index contributed by atoms with van der Waals surface area (Å²) in [5.41, 5.74) is 0.391. The molecule has 0 atom stereocenters. The van der Waals surface area contributed by atoms with Crippen LogP contribution in [0.4, 0.5) is 0 Å². The highest BCUT2D eigenvalue weighted by Gasteiger charge is 2.18. The summed E-state index contributed by atoms with van der Waals surface area (Å²) >= 11 is 0. The normalized spacial score (nSPS) is 13.4. The lowest BCUT2D eigenvalue weighted by Crippen LogP contribution is -2.39. The van der Waals surface area contributed by atoms with Gasteiger partial charge < -0.3 is 19.7 Å². The van der Waals surface area contributed by atoms with Gasteiger partial charge in [-0.25, -0.2) is 0 Å². The number of rotatable bonds is 7. The van der Waals surface area contributed by atoms with Crippen LogP contribution in [0.1, 0.15) is 29.6 Å². The number of esters is 1. The van der Waals surface area contributed by atoms with Gasteiger partial charge in [0.2, 0.25) is 0 Å². The second-order valence-corrected chi connectivity index (χ2v) is 6.72. The quantitative estimate of drug-likeness (QED) is 0.728.